The Morgan fingerprint density at radius 2 is 1.80 bits per heavy atom. The molecule has 1 aliphatic carbocycles. The third-order valence-electron chi connectivity index (χ3n) is 5.44. The van der Waals surface area contributed by atoms with Crippen molar-refractivity contribution in [1.82, 2.24) is 0 Å². The molecule has 2 aromatic carbocycles. The highest BCUT2D eigenvalue weighted by Crippen LogP contribution is 2.58. The van der Waals surface area contributed by atoms with Gasteiger partial charge in [0.15, 0.2) is 5.60 Å². The molecule has 0 radical (unpaired) electrons. The third kappa shape index (κ3) is 2.06. The van der Waals surface area contributed by atoms with Crippen molar-refractivity contribution < 1.29 is 19.1 Å². The van der Waals surface area contributed by atoms with E-state index >= 15 is 0 Å². The number of hydrogen-bond donors (Lipinski definition) is 0. The van der Waals surface area contributed by atoms with Crippen molar-refractivity contribution in [2.75, 3.05) is 6.61 Å². The summed E-state index contributed by atoms with van der Waals surface area (Å²) in [4.78, 5) is 25.6. The van der Waals surface area contributed by atoms with Crippen LogP contribution in [0.25, 0.3) is 0 Å². The molecule has 0 spiro atoms. The number of fused-ring (bicyclic) bond motifs is 2. The van der Waals surface area contributed by atoms with Crippen molar-refractivity contribution >= 4 is 11.9 Å². The average Bonchev–Trinajstić information content (AvgIpc) is 2.62. The van der Waals surface area contributed by atoms with E-state index in [1.54, 1.807) is 6.92 Å². The Morgan fingerprint density at radius 3 is 2.52 bits per heavy atom. The van der Waals surface area contributed by atoms with E-state index in [-0.39, 0.29) is 17.9 Å². The molecular weight excluding hydrogens is 316 g/mol. The molecule has 0 amide bonds. The lowest BCUT2D eigenvalue weighted by molar-refractivity contribution is -0.196. The first-order chi connectivity index (χ1) is 12.1. The molecule has 2 aliphatic heterocycles. The molecule has 4 atom stereocenters. The summed E-state index contributed by atoms with van der Waals surface area (Å²) in [5.74, 6) is -1.78. The molecule has 2 bridgehead atoms. The van der Waals surface area contributed by atoms with Crippen LogP contribution in [0.2, 0.25) is 0 Å². The minimum Gasteiger partial charge on any atom is -0.466 e. The first-order valence-electron chi connectivity index (χ1n) is 8.65. The molecule has 3 aliphatic rings. The van der Waals surface area contributed by atoms with Gasteiger partial charge in [-0.15, -0.1) is 0 Å². The Kier molecular flexibility index (Phi) is 3.64. The Labute approximate surface area is 146 Å². The quantitative estimate of drug-likeness (QED) is 0.806. The van der Waals surface area contributed by atoms with E-state index in [9.17, 15) is 9.59 Å². The zero-order valence-corrected chi connectivity index (χ0v) is 14.3. The van der Waals surface area contributed by atoms with Gasteiger partial charge in [-0.05, 0) is 18.4 Å². The van der Waals surface area contributed by atoms with Crippen LogP contribution in [-0.4, -0.2) is 18.5 Å². The second kappa shape index (κ2) is 5.73. The number of ether oxygens (including phenoxy) is 2. The third-order valence-corrected chi connectivity index (χ3v) is 5.44. The van der Waals surface area contributed by atoms with Crippen LogP contribution in [0.15, 0.2) is 54.6 Å². The van der Waals surface area contributed by atoms with E-state index < -0.39 is 17.4 Å². The van der Waals surface area contributed by atoms with Crippen LogP contribution in [-0.2, 0) is 24.7 Å². The van der Waals surface area contributed by atoms with Crippen molar-refractivity contribution in [2.24, 2.45) is 11.8 Å². The van der Waals surface area contributed by atoms with E-state index in [4.69, 9.17) is 9.47 Å². The smallest absolute Gasteiger partial charge is 0.314 e. The maximum atomic E-state index is 12.9. The second-order valence-electron chi connectivity index (χ2n) is 6.68. The van der Waals surface area contributed by atoms with E-state index in [2.05, 4.69) is 0 Å². The molecular formula is C21H20O4. The Hall–Kier alpha value is -2.62. The predicted molar refractivity (Wildman–Crippen MR) is 91.8 cm³/mol. The molecule has 1 saturated heterocycles. The highest BCUT2D eigenvalue weighted by molar-refractivity contribution is 5.89. The summed E-state index contributed by atoms with van der Waals surface area (Å²) >= 11 is 0. The minimum absolute atomic E-state index is 0.199. The van der Waals surface area contributed by atoms with E-state index in [0.29, 0.717) is 6.61 Å². The highest BCUT2D eigenvalue weighted by atomic mass is 16.6. The second-order valence-corrected chi connectivity index (χ2v) is 6.68. The van der Waals surface area contributed by atoms with Crippen molar-refractivity contribution in [1.29, 1.82) is 0 Å². The lowest BCUT2D eigenvalue weighted by Gasteiger charge is -2.53. The Bertz CT molecular complexity index is 829. The lowest BCUT2D eigenvalue weighted by Crippen LogP contribution is -2.59. The summed E-state index contributed by atoms with van der Waals surface area (Å²) in [6.45, 7) is 4.03. The van der Waals surface area contributed by atoms with Gasteiger partial charge in [0.05, 0.1) is 12.5 Å². The van der Waals surface area contributed by atoms with Gasteiger partial charge in [-0.3, -0.25) is 9.59 Å². The molecule has 2 heterocycles. The maximum absolute atomic E-state index is 12.9. The molecule has 0 aromatic heterocycles. The molecule has 5 rings (SSSR count). The fourth-order valence-electron chi connectivity index (χ4n) is 4.49. The number of benzene rings is 2. The van der Waals surface area contributed by atoms with Crippen LogP contribution >= 0.6 is 0 Å². The first-order valence-corrected chi connectivity index (χ1v) is 8.65. The summed E-state index contributed by atoms with van der Waals surface area (Å²) < 4.78 is 11.4. The van der Waals surface area contributed by atoms with Crippen molar-refractivity contribution in [3.63, 3.8) is 0 Å². The molecule has 2 aromatic rings. The lowest BCUT2D eigenvalue weighted by atomic mass is 9.57. The fraction of sp³-hybridized carbons (Fsp3) is 0.333. The minimum atomic E-state index is -1.13. The van der Waals surface area contributed by atoms with Crippen LogP contribution in [0.5, 0.6) is 0 Å². The van der Waals surface area contributed by atoms with Crippen LogP contribution < -0.4 is 0 Å². The Balaban J connectivity index is 2.02. The number of carbonyl (C=O) groups excluding carboxylic acids is 2. The van der Waals surface area contributed by atoms with Gasteiger partial charge < -0.3 is 9.47 Å². The van der Waals surface area contributed by atoms with Crippen LogP contribution in [0.1, 0.15) is 36.5 Å². The first kappa shape index (κ1) is 15.9. The summed E-state index contributed by atoms with van der Waals surface area (Å²) in [7, 11) is 0. The van der Waals surface area contributed by atoms with Crippen LogP contribution in [0, 0.1) is 11.8 Å². The zero-order valence-electron chi connectivity index (χ0n) is 14.3. The van der Waals surface area contributed by atoms with Crippen molar-refractivity contribution in [2.45, 2.75) is 25.4 Å². The van der Waals surface area contributed by atoms with Crippen LogP contribution in [0.4, 0.5) is 0 Å². The van der Waals surface area contributed by atoms with Crippen molar-refractivity contribution in [3.8, 4) is 0 Å². The topological polar surface area (TPSA) is 52.6 Å². The van der Waals surface area contributed by atoms with Gasteiger partial charge in [0.2, 0.25) is 0 Å². The molecule has 0 saturated carbocycles. The number of carbonyl (C=O) groups is 2. The summed E-state index contributed by atoms with van der Waals surface area (Å²) in [6, 6.07) is 17.3. The van der Waals surface area contributed by atoms with Gasteiger partial charge in [0.25, 0.3) is 0 Å². The largest absolute Gasteiger partial charge is 0.466 e. The van der Waals surface area contributed by atoms with Gasteiger partial charge in [-0.2, -0.15) is 0 Å². The van der Waals surface area contributed by atoms with E-state index in [0.717, 1.165) is 16.7 Å². The van der Waals surface area contributed by atoms with Gasteiger partial charge in [-0.1, -0.05) is 61.5 Å². The predicted octanol–water partition coefficient (Wildman–Crippen LogP) is 3.40. The summed E-state index contributed by atoms with van der Waals surface area (Å²) in [5, 5.41) is 0. The van der Waals surface area contributed by atoms with Crippen molar-refractivity contribution in [3.05, 3.63) is 71.3 Å². The summed E-state index contributed by atoms with van der Waals surface area (Å²) in [6.07, 6.45) is 0. The molecule has 25 heavy (non-hydrogen) atoms. The SMILES string of the molecule is CCOC(=O)[C@@H]1[C@@H](C)[C@@H]2C(=O)O[C@@]1(c1ccccc1)c1ccccc12. The van der Waals surface area contributed by atoms with E-state index in [1.165, 1.54) is 0 Å². The zero-order chi connectivity index (χ0) is 17.6. The average molecular weight is 336 g/mol. The molecule has 4 heteroatoms. The normalized spacial score (nSPS) is 29.7. The number of esters is 2. The maximum Gasteiger partial charge on any atom is 0.314 e. The molecule has 0 N–H and O–H groups in total. The molecule has 1 fully saturated rings. The van der Waals surface area contributed by atoms with Gasteiger partial charge in [0.1, 0.15) is 5.92 Å². The standard InChI is InChI=1S/C21H20O4/c1-3-24-20(23)18-13(2)17-15-11-7-8-12-16(15)21(18,25-19(17)22)14-9-5-4-6-10-14/h4-13,17-18H,3H2,1-2H3/t13-,17-,18-,21-/m0/s1. The number of hydrogen-bond acceptors (Lipinski definition) is 4. The van der Waals surface area contributed by atoms with Gasteiger partial charge in [0, 0.05) is 11.1 Å². The Morgan fingerprint density at radius 1 is 1.12 bits per heavy atom. The molecule has 4 nitrogen and oxygen atoms in total. The van der Waals surface area contributed by atoms with Crippen LogP contribution in [0.3, 0.4) is 0 Å². The monoisotopic (exact) mass is 336 g/mol. The number of rotatable bonds is 3. The highest BCUT2D eigenvalue weighted by Gasteiger charge is 2.64. The summed E-state index contributed by atoms with van der Waals surface area (Å²) in [5.41, 5.74) is 1.52. The molecule has 0 unspecified atom stereocenters. The van der Waals surface area contributed by atoms with Gasteiger partial charge in [-0.25, -0.2) is 0 Å². The molecule has 128 valence electrons. The fourth-order valence-corrected chi connectivity index (χ4v) is 4.49. The van der Waals surface area contributed by atoms with Gasteiger partial charge >= 0.3 is 11.9 Å². The van der Waals surface area contributed by atoms with E-state index in [1.807, 2.05) is 61.5 Å².